The molecule has 7 nitrogen and oxygen atoms in total. The molecular formula is C17H24N4O3. The number of aromatic nitrogens is 2. The predicted octanol–water partition coefficient (Wildman–Crippen LogP) is 3.00. The van der Waals surface area contributed by atoms with Gasteiger partial charge in [0.15, 0.2) is 5.82 Å². The maximum absolute atomic E-state index is 11.8. The number of carbonyl (C=O) groups is 1. The third-order valence-electron chi connectivity index (χ3n) is 3.59. The normalized spacial score (nSPS) is 12.5. The first-order valence-electron chi connectivity index (χ1n) is 8.03. The lowest BCUT2D eigenvalue weighted by atomic mass is 10.1. The number of hydrogen-bond acceptors (Lipinski definition) is 5. The van der Waals surface area contributed by atoms with Crippen LogP contribution in [-0.4, -0.2) is 33.9 Å². The lowest BCUT2D eigenvalue weighted by Gasteiger charge is -2.15. The van der Waals surface area contributed by atoms with E-state index in [1.165, 1.54) is 0 Å². The van der Waals surface area contributed by atoms with Crippen LogP contribution in [-0.2, 0) is 0 Å². The molecule has 0 spiro atoms. The van der Waals surface area contributed by atoms with Crippen LogP contribution in [0, 0.1) is 5.92 Å². The summed E-state index contributed by atoms with van der Waals surface area (Å²) in [6.07, 6.45) is -0.564. The summed E-state index contributed by atoms with van der Waals surface area (Å²) in [4.78, 5) is 16.1. The Bertz CT molecular complexity index is 665. The van der Waals surface area contributed by atoms with Gasteiger partial charge in [-0.15, -0.1) is 0 Å². The molecule has 7 heteroatoms. The fourth-order valence-electron chi connectivity index (χ4n) is 1.89. The first-order chi connectivity index (χ1) is 11.4. The van der Waals surface area contributed by atoms with Crippen molar-refractivity contribution in [2.45, 2.75) is 39.7 Å². The molecule has 0 aliphatic heterocycles. The quantitative estimate of drug-likeness (QED) is 0.755. The van der Waals surface area contributed by atoms with E-state index in [4.69, 9.17) is 4.52 Å². The molecule has 3 N–H and O–H groups in total. The van der Waals surface area contributed by atoms with Crippen LogP contribution >= 0.6 is 0 Å². The van der Waals surface area contributed by atoms with E-state index < -0.39 is 6.10 Å². The molecule has 1 aromatic heterocycles. The van der Waals surface area contributed by atoms with E-state index in [1.807, 2.05) is 27.7 Å². The second kappa shape index (κ2) is 7.92. The molecule has 24 heavy (non-hydrogen) atoms. The van der Waals surface area contributed by atoms with Crippen molar-refractivity contribution in [1.29, 1.82) is 0 Å². The molecule has 1 aromatic carbocycles. The number of urea groups is 1. The Labute approximate surface area is 141 Å². The molecule has 0 saturated heterocycles. The molecule has 0 saturated carbocycles. The molecule has 2 amide bonds. The van der Waals surface area contributed by atoms with Crippen molar-refractivity contribution in [3.63, 3.8) is 0 Å². The zero-order valence-corrected chi connectivity index (χ0v) is 14.4. The minimum absolute atomic E-state index is 0.0923. The van der Waals surface area contributed by atoms with Crippen molar-refractivity contribution >= 4 is 11.7 Å². The summed E-state index contributed by atoms with van der Waals surface area (Å²) < 4.78 is 5.23. The standard InChI is InChI=1S/C17H24N4O3/c1-10(2)14(22)9-18-17(23)19-13-7-5-12(6-8-13)16-20-15(11(3)4)21-24-16/h5-8,10-11,14,22H,9H2,1-4H3,(H2,18,19,23)/t14-/m0/s1. The van der Waals surface area contributed by atoms with E-state index in [1.54, 1.807) is 24.3 Å². The molecule has 0 aliphatic carbocycles. The summed E-state index contributed by atoms with van der Waals surface area (Å²) in [5, 5.41) is 19.0. The van der Waals surface area contributed by atoms with Crippen LogP contribution in [0.4, 0.5) is 10.5 Å². The van der Waals surface area contributed by atoms with E-state index in [-0.39, 0.29) is 24.4 Å². The van der Waals surface area contributed by atoms with E-state index in [9.17, 15) is 9.90 Å². The Hall–Kier alpha value is -2.41. The molecule has 130 valence electrons. The largest absolute Gasteiger partial charge is 0.391 e. The SMILES string of the molecule is CC(C)c1noc(-c2ccc(NC(=O)NC[C@H](O)C(C)C)cc2)n1. The Balaban J connectivity index is 1.93. The molecule has 0 radical (unpaired) electrons. The zero-order valence-electron chi connectivity index (χ0n) is 14.4. The Morgan fingerprint density at radius 1 is 1.21 bits per heavy atom. The fraction of sp³-hybridized carbons (Fsp3) is 0.471. The van der Waals surface area contributed by atoms with Crippen LogP contribution in [0.5, 0.6) is 0 Å². The van der Waals surface area contributed by atoms with E-state index in [2.05, 4.69) is 20.8 Å². The van der Waals surface area contributed by atoms with Gasteiger partial charge in [0, 0.05) is 23.7 Å². The van der Waals surface area contributed by atoms with Crippen molar-refractivity contribution in [2.24, 2.45) is 5.92 Å². The summed E-state index contributed by atoms with van der Waals surface area (Å²) in [6, 6.07) is 6.76. The minimum atomic E-state index is -0.564. The van der Waals surface area contributed by atoms with Gasteiger partial charge < -0.3 is 20.3 Å². The van der Waals surface area contributed by atoms with Gasteiger partial charge in [-0.05, 0) is 30.2 Å². The van der Waals surface area contributed by atoms with Crippen molar-refractivity contribution in [3.8, 4) is 11.5 Å². The lowest BCUT2D eigenvalue weighted by Crippen LogP contribution is -2.37. The molecule has 0 fully saturated rings. The van der Waals surface area contributed by atoms with Gasteiger partial charge >= 0.3 is 6.03 Å². The molecule has 0 aliphatic rings. The first kappa shape index (κ1) is 17.9. The van der Waals surface area contributed by atoms with Crippen LogP contribution in [0.15, 0.2) is 28.8 Å². The van der Waals surface area contributed by atoms with Gasteiger partial charge in [-0.1, -0.05) is 32.9 Å². The van der Waals surface area contributed by atoms with Crippen LogP contribution in [0.1, 0.15) is 39.4 Å². The average molecular weight is 332 g/mol. The summed E-state index contributed by atoms with van der Waals surface area (Å²) in [5.74, 6) is 1.41. The molecule has 1 heterocycles. The number of amides is 2. The highest BCUT2D eigenvalue weighted by Crippen LogP contribution is 2.21. The lowest BCUT2D eigenvalue weighted by molar-refractivity contribution is 0.126. The van der Waals surface area contributed by atoms with Gasteiger partial charge in [0.1, 0.15) is 0 Å². The summed E-state index contributed by atoms with van der Waals surface area (Å²) in [6.45, 7) is 7.99. The summed E-state index contributed by atoms with van der Waals surface area (Å²) >= 11 is 0. The number of anilines is 1. The average Bonchev–Trinajstić information content (AvgIpc) is 3.03. The predicted molar refractivity (Wildman–Crippen MR) is 91.7 cm³/mol. The highest BCUT2D eigenvalue weighted by Gasteiger charge is 2.12. The highest BCUT2D eigenvalue weighted by molar-refractivity contribution is 5.89. The molecular weight excluding hydrogens is 308 g/mol. The molecule has 1 atom stereocenters. The van der Waals surface area contributed by atoms with Gasteiger partial charge in [0.25, 0.3) is 5.89 Å². The Morgan fingerprint density at radius 2 is 1.88 bits per heavy atom. The van der Waals surface area contributed by atoms with E-state index in [0.29, 0.717) is 17.4 Å². The van der Waals surface area contributed by atoms with Crippen LogP contribution in [0.2, 0.25) is 0 Å². The van der Waals surface area contributed by atoms with E-state index >= 15 is 0 Å². The van der Waals surface area contributed by atoms with Crippen molar-refractivity contribution in [2.75, 3.05) is 11.9 Å². The smallest absolute Gasteiger partial charge is 0.319 e. The number of nitrogens with one attached hydrogen (secondary N) is 2. The zero-order chi connectivity index (χ0) is 17.7. The van der Waals surface area contributed by atoms with Crippen LogP contribution < -0.4 is 10.6 Å². The van der Waals surface area contributed by atoms with Crippen molar-refractivity contribution < 1.29 is 14.4 Å². The van der Waals surface area contributed by atoms with E-state index in [0.717, 1.165) is 5.56 Å². The first-order valence-corrected chi connectivity index (χ1v) is 8.03. The van der Waals surface area contributed by atoms with Gasteiger partial charge in [-0.2, -0.15) is 4.98 Å². The second-order valence-corrected chi connectivity index (χ2v) is 6.34. The molecule has 0 unspecified atom stereocenters. The summed E-state index contributed by atoms with van der Waals surface area (Å²) in [5.41, 5.74) is 1.43. The van der Waals surface area contributed by atoms with Crippen LogP contribution in [0.3, 0.4) is 0 Å². The third-order valence-corrected chi connectivity index (χ3v) is 3.59. The molecule has 2 rings (SSSR count). The maximum Gasteiger partial charge on any atom is 0.319 e. The van der Waals surface area contributed by atoms with Crippen LogP contribution in [0.25, 0.3) is 11.5 Å². The number of nitrogens with zero attached hydrogens (tertiary/aromatic N) is 2. The minimum Gasteiger partial charge on any atom is -0.391 e. The fourth-order valence-corrected chi connectivity index (χ4v) is 1.89. The van der Waals surface area contributed by atoms with Gasteiger partial charge in [-0.3, -0.25) is 0 Å². The van der Waals surface area contributed by atoms with Gasteiger partial charge in [-0.25, -0.2) is 4.79 Å². The number of aliphatic hydroxyl groups is 1. The number of carbonyl (C=O) groups excluding carboxylic acids is 1. The number of aliphatic hydroxyl groups excluding tert-OH is 1. The van der Waals surface area contributed by atoms with Gasteiger partial charge in [0.2, 0.25) is 0 Å². The second-order valence-electron chi connectivity index (χ2n) is 6.34. The number of benzene rings is 1. The molecule has 2 aromatic rings. The Morgan fingerprint density at radius 3 is 2.42 bits per heavy atom. The van der Waals surface area contributed by atoms with Crippen molar-refractivity contribution in [1.82, 2.24) is 15.5 Å². The summed E-state index contributed by atoms with van der Waals surface area (Å²) in [7, 11) is 0. The molecule has 0 bridgehead atoms. The Kier molecular flexibility index (Phi) is 5.92. The number of hydrogen-bond donors (Lipinski definition) is 3. The monoisotopic (exact) mass is 332 g/mol. The highest BCUT2D eigenvalue weighted by atomic mass is 16.5. The number of rotatable bonds is 6. The maximum atomic E-state index is 11.8. The third kappa shape index (κ3) is 4.79. The van der Waals surface area contributed by atoms with Crippen molar-refractivity contribution in [3.05, 3.63) is 30.1 Å². The topological polar surface area (TPSA) is 100 Å². The van der Waals surface area contributed by atoms with Gasteiger partial charge in [0.05, 0.1) is 6.10 Å².